The van der Waals surface area contributed by atoms with Crippen LogP contribution in [0.15, 0.2) is 78.9 Å². The number of aromatic nitrogens is 1. The van der Waals surface area contributed by atoms with Gasteiger partial charge in [0.2, 0.25) is 0 Å². The van der Waals surface area contributed by atoms with E-state index >= 15 is 0 Å². The van der Waals surface area contributed by atoms with Crippen molar-refractivity contribution in [3.05, 3.63) is 101 Å². The summed E-state index contributed by atoms with van der Waals surface area (Å²) in [6, 6.07) is 27.8. The lowest BCUT2D eigenvalue weighted by Crippen LogP contribution is -2.02. The SMILES string of the molecule is Cc1ccc2nc(C(c3ccccc3)c3ccccc3)sc2c1. The Morgan fingerprint density at radius 1 is 0.783 bits per heavy atom. The van der Waals surface area contributed by atoms with E-state index in [2.05, 4.69) is 85.8 Å². The van der Waals surface area contributed by atoms with Crippen LogP contribution < -0.4 is 0 Å². The zero-order chi connectivity index (χ0) is 15.6. The van der Waals surface area contributed by atoms with Crippen molar-refractivity contribution in [1.82, 2.24) is 4.98 Å². The molecule has 0 aliphatic rings. The highest BCUT2D eigenvalue weighted by Crippen LogP contribution is 2.36. The zero-order valence-electron chi connectivity index (χ0n) is 12.9. The molecular formula is C21H17NS. The lowest BCUT2D eigenvalue weighted by molar-refractivity contribution is 0.962. The van der Waals surface area contributed by atoms with E-state index in [1.54, 1.807) is 11.3 Å². The molecule has 0 amide bonds. The molecule has 0 fully saturated rings. The number of nitrogens with zero attached hydrogens (tertiary/aromatic N) is 1. The number of hydrogen-bond acceptors (Lipinski definition) is 2. The number of thiazole rings is 1. The quantitative estimate of drug-likeness (QED) is 0.466. The van der Waals surface area contributed by atoms with Crippen molar-refractivity contribution < 1.29 is 0 Å². The Balaban J connectivity index is 1.90. The standard InChI is InChI=1S/C21H17NS/c1-15-12-13-18-19(14-15)23-21(22-18)20(16-8-4-2-5-9-16)17-10-6-3-7-11-17/h2-14,20H,1H3. The molecule has 0 bridgehead atoms. The van der Waals surface area contributed by atoms with Crippen LogP contribution in [0.4, 0.5) is 0 Å². The predicted octanol–water partition coefficient (Wildman–Crippen LogP) is 5.78. The Kier molecular flexibility index (Phi) is 3.68. The second-order valence-corrected chi connectivity index (χ2v) is 6.84. The van der Waals surface area contributed by atoms with Crippen LogP contribution in [0.5, 0.6) is 0 Å². The van der Waals surface area contributed by atoms with Gasteiger partial charge in [-0.1, -0.05) is 66.7 Å². The summed E-state index contributed by atoms with van der Waals surface area (Å²) < 4.78 is 1.26. The largest absolute Gasteiger partial charge is 0.240 e. The third-order valence-electron chi connectivity index (χ3n) is 4.07. The molecule has 4 rings (SSSR count). The summed E-state index contributed by atoms with van der Waals surface area (Å²) in [6.45, 7) is 2.13. The number of fused-ring (bicyclic) bond motifs is 1. The summed E-state index contributed by atoms with van der Waals surface area (Å²) in [5.74, 6) is 0.190. The number of aryl methyl sites for hydroxylation is 1. The maximum atomic E-state index is 4.93. The zero-order valence-corrected chi connectivity index (χ0v) is 13.8. The molecule has 3 aromatic carbocycles. The average Bonchev–Trinajstić information content (AvgIpc) is 2.99. The number of rotatable bonds is 3. The first-order chi connectivity index (χ1) is 11.3. The van der Waals surface area contributed by atoms with Crippen molar-refractivity contribution in [3.63, 3.8) is 0 Å². The molecule has 0 spiro atoms. The van der Waals surface area contributed by atoms with Gasteiger partial charge in [-0.25, -0.2) is 4.98 Å². The summed E-state index contributed by atoms with van der Waals surface area (Å²) in [4.78, 5) is 4.93. The highest BCUT2D eigenvalue weighted by atomic mass is 32.1. The van der Waals surface area contributed by atoms with Crippen LogP contribution in [0.1, 0.15) is 27.6 Å². The maximum Gasteiger partial charge on any atom is 0.106 e. The molecule has 0 atom stereocenters. The predicted molar refractivity (Wildman–Crippen MR) is 98.2 cm³/mol. The third kappa shape index (κ3) is 2.78. The van der Waals surface area contributed by atoms with Crippen LogP contribution in [-0.4, -0.2) is 4.98 Å². The normalized spacial score (nSPS) is 11.2. The third-order valence-corrected chi connectivity index (χ3v) is 5.16. The van der Waals surface area contributed by atoms with Gasteiger partial charge in [-0.05, 0) is 35.7 Å². The van der Waals surface area contributed by atoms with Gasteiger partial charge in [0.1, 0.15) is 5.01 Å². The van der Waals surface area contributed by atoms with Crippen LogP contribution in [0, 0.1) is 6.92 Å². The first kappa shape index (κ1) is 14.2. The second kappa shape index (κ2) is 5.98. The summed E-state index contributed by atoms with van der Waals surface area (Å²) in [6.07, 6.45) is 0. The van der Waals surface area contributed by atoms with Crippen molar-refractivity contribution in [2.45, 2.75) is 12.8 Å². The van der Waals surface area contributed by atoms with Gasteiger partial charge in [0, 0.05) is 0 Å². The van der Waals surface area contributed by atoms with E-state index in [1.165, 1.54) is 21.4 Å². The molecule has 0 saturated carbocycles. The molecule has 2 heteroatoms. The van der Waals surface area contributed by atoms with Crippen LogP contribution in [-0.2, 0) is 0 Å². The summed E-state index contributed by atoms with van der Waals surface area (Å²) >= 11 is 1.80. The van der Waals surface area contributed by atoms with Gasteiger partial charge in [-0.15, -0.1) is 11.3 Å². The minimum absolute atomic E-state index is 0.190. The molecule has 23 heavy (non-hydrogen) atoms. The Labute approximate surface area is 140 Å². The van der Waals surface area contributed by atoms with E-state index in [1.807, 2.05) is 0 Å². The fourth-order valence-electron chi connectivity index (χ4n) is 2.94. The minimum atomic E-state index is 0.190. The van der Waals surface area contributed by atoms with Gasteiger partial charge in [-0.3, -0.25) is 0 Å². The molecule has 0 radical (unpaired) electrons. The van der Waals surface area contributed by atoms with Crippen LogP contribution in [0.25, 0.3) is 10.2 Å². The van der Waals surface area contributed by atoms with E-state index in [-0.39, 0.29) is 5.92 Å². The van der Waals surface area contributed by atoms with E-state index in [9.17, 15) is 0 Å². The van der Waals surface area contributed by atoms with Gasteiger partial charge >= 0.3 is 0 Å². The highest BCUT2D eigenvalue weighted by Gasteiger charge is 2.20. The molecule has 0 N–H and O–H groups in total. The average molecular weight is 315 g/mol. The van der Waals surface area contributed by atoms with Crippen molar-refractivity contribution in [3.8, 4) is 0 Å². The van der Waals surface area contributed by atoms with Crippen LogP contribution in [0.3, 0.4) is 0 Å². The topological polar surface area (TPSA) is 12.9 Å². The maximum absolute atomic E-state index is 4.93. The van der Waals surface area contributed by atoms with Crippen molar-refractivity contribution in [2.24, 2.45) is 0 Å². The smallest absolute Gasteiger partial charge is 0.106 e. The fourth-order valence-corrected chi connectivity index (χ4v) is 4.16. The lowest BCUT2D eigenvalue weighted by atomic mass is 9.92. The van der Waals surface area contributed by atoms with Gasteiger partial charge in [0.25, 0.3) is 0 Å². The van der Waals surface area contributed by atoms with E-state index in [0.717, 1.165) is 10.5 Å². The molecule has 0 unspecified atom stereocenters. The van der Waals surface area contributed by atoms with Gasteiger partial charge in [-0.2, -0.15) is 0 Å². The Hall–Kier alpha value is -2.45. The van der Waals surface area contributed by atoms with Gasteiger partial charge < -0.3 is 0 Å². The molecule has 4 aromatic rings. The van der Waals surface area contributed by atoms with Gasteiger partial charge in [0.05, 0.1) is 16.1 Å². The van der Waals surface area contributed by atoms with Gasteiger partial charge in [0.15, 0.2) is 0 Å². The summed E-state index contributed by atoms with van der Waals surface area (Å²) in [7, 11) is 0. The molecule has 0 saturated heterocycles. The van der Waals surface area contributed by atoms with Crippen molar-refractivity contribution in [1.29, 1.82) is 0 Å². The summed E-state index contributed by atoms with van der Waals surface area (Å²) in [5, 5.41) is 1.16. The van der Waals surface area contributed by atoms with Crippen LogP contribution in [0.2, 0.25) is 0 Å². The molecule has 1 nitrogen and oxygen atoms in total. The molecular weight excluding hydrogens is 298 g/mol. The lowest BCUT2D eigenvalue weighted by Gasteiger charge is -2.15. The Bertz CT molecular complexity index is 886. The highest BCUT2D eigenvalue weighted by molar-refractivity contribution is 7.18. The molecule has 112 valence electrons. The van der Waals surface area contributed by atoms with E-state index in [4.69, 9.17) is 4.98 Å². The first-order valence-electron chi connectivity index (χ1n) is 7.78. The Morgan fingerprint density at radius 2 is 1.39 bits per heavy atom. The molecule has 0 aliphatic carbocycles. The summed E-state index contributed by atoms with van der Waals surface area (Å²) in [5.41, 5.74) is 4.94. The number of benzene rings is 3. The second-order valence-electron chi connectivity index (χ2n) is 5.78. The monoisotopic (exact) mass is 315 g/mol. The van der Waals surface area contributed by atoms with E-state index < -0.39 is 0 Å². The first-order valence-corrected chi connectivity index (χ1v) is 8.60. The van der Waals surface area contributed by atoms with Crippen molar-refractivity contribution >= 4 is 21.6 Å². The minimum Gasteiger partial charge on any atom is -0.240 e. The van der Waals surface area contributed by atoms with E-state index in [0.29, 0.717) is 0 Å². The number of hydrogen-bond donors (Lipinski definition) is 0. The molecule has 1 aromatic heterocycles. The van der Waals surface area contributed by atoms with Crippen molar-refractivity contribution in [2.75, 3.05) is 0 Å². The fraction of sp³-hybridized carbons (Fsp3) is 0.0952. The van der Waals surface area contributed by atoms with Crippen LogP contribution >= 0.6 is 11.3 Å². The molecule has 1 heterocycles. The Morgan fingerprint density at radius 3 is 2.00 bits per heavy atom. The molecule has 0 aliphatic heterocycles.